The molecule has 0 bridgehead atoms. The Morgan fingerprint density at radius 2 is 1.84 bits per heavy atom. The molecule has 1 saturated heterocycles. The summed E-state index contributed by atoms with van der Waals surface area (Å²) in [5.74, 6) is -0.354. The van der Waals surface area contributed by atoms with Crippen molar-refractivity contribution in [2.75, 3.05) is 33.4 Å². The first-order valence-electron chi connectivity index (χ1n) is 16.6. The molecule has 2 unspecified atom stereocenters. The molecule has 1 N–H and O–H groups in total. The van der Waals surface area contributed by atoms with Gasteiger partial charge in [0.1, 0.15) is 0 Å². The molecular formula is C36H44N4O5. The summed E-state index contributed by atoms with van der Waals surface area (Å²) >= 11 is 0. The Morgan fingerprint density at radius 3 is 2.56 bits per heavy atom. The van der Waals surface area contributed by atoms with E-state index in [2.05, 4.69) is 30.6 Å². The highest BCUT2D eigenvalue weighted by atomic mass is 16.5. The fraction of sp³-hybridized carbons (Fsp3) is 0.528. The van der Waals surface area contributed by atoms with Crippen LogP contribution in [0.2, 0.25) is 0 Å². The number of methoxy groups -OCH3 is 1. The average molecular weight is 613 g/mol. The quantitative estimate of drug-likeness (QED) is 0.339. The number of aromatic carboxylic acids is 1. The summed E-state index contributed by atoms with van der Waals surface area (Å²) in [6.45, 7) is 6.89. The van der Waals surface area contributed by atoms with Gasteiger partial charge in [-0.25, -0.2) is 4.79 Å². The van der Waals surface area contributed by atoms with Crippen molar-refractivity contribution >= 4 is 28.4 Å². The van der Waals surface area contributed by atoms with E-state index in [-0.39, 0.29) is 24.0 Å². The maximum Gasteiger partial charge on any atom is 0.335 e. The number of ether oxygens (including phenoxy) is 2. The number of hydrogen-bond donors (Lipinski definition) is 1. The highest BCUT2D eigenvalue weighted by molar-refractivity contribution is 6.00. The zero-order chi connectivity index (χ0) is 31.2. The highest BCUT2D eigenvalue weighted by Gasteiger charge is 2.37. The molecule has 9 nitrogen and oxygen atoms in total. The molecule has 45 heavy (non-hydrogen) atoms. The Morgan fingerprint density at radius 1 is 1.07 bits per heavy atom. The van der Waals surface area contributed by atoms with Crippen molar-refractivity contribution in [3.63, 3.8) is 0 Å². The first-order chi connectivity index (χ1) is 21.9. The van der Waals surface area contributed by atoms with Crippen LogP contribution in [-0.2, 0) is 16.0 Å². The number of allylic oxidation sites excluding steroid dienone is 3. The monoisotopic (exact) mass is 612 g/mol. The zero-order valence-corrected chi connectivity index (χ0v) is 26.6. The molecule has 2 aliphatic heterocycles. The third kappa shape index (κ3) is 5.33. The van der Waals surface area contributed by atoms with Gasteiger partial charge >= 0.3 is 5.97 Å². The molecule has 9 heteroatoms. The third-order valence-corrected chi connectivity index (χ3v) is 10.3. The van der Waals surface area contributed by atoms with Crippen LogP contribution in [0.1, 0.15) is 114 Å². The Hall–Kier alpha value is -3.69. The predicted octanol–water partition coefficient (Wildman–Crippen LogP) is 6.55. The first-order valence-corrected chi connectivity index (χ1v) is 16.6. The van der Waals surface area contributed by atoms with E-state index in [1.54, 1.807) is 19.4 Å². The van der Waals surface area contributed by atoms with Gasteiger partial charge in [0, 0.05) is 48.8 Å². The van der Waals surface area contributed by atoms with Crippen molar-refractivity contribution < 1.29 is 24.2 Å². The summed E-state index contributed by atoms with van der Waals surface area (Å²) in [6.07, 6.45) is 14.2. The van der Waals surface area contributed by atoms with E-state index < -0.39 is 5.97 Å². The molecule has 7 rings (SSSR count). The molecule has 1 saturated carbocycles. The van der Waals surface area contributed by atoms with Crippen molar-refractivity contribution in [2.45, 2.75) is 89.3 Å². The van der Waals surface area contributed by atoms with Crippen molar-refractivity contribution in [1.29, 1.82) is 0 Å². The topological polar surface area (TPSA) is 98.8 Å². The standard InChI is InChI=1S/C36H44N4O5/c1-22(2)40-33(30(20-37-40)35(41)38-13-15-45-16-14-38)26-17-25-18-27(44-3)10-12-28(25)34-32(23-7-5-4-6-8-23)29-11-9-24(36(42)43)19-31(29)39(34)21-26/h9,11,17-20,22-23,27-28H,4-8,10,12-16,21H2,1-3H3,(H,42,43). The fourth-order valence-corrected chi connectivity index (χ4v) is 8.16. The molecule has 2 fully saturated rings. The Labute approximate surface area is 264 Å². The normalized spacial score (nSPS) is 22.5. The van der Waals surface area contributed by atoms with Gasteiger partial charge in [-0.2, -0.15) is 5.10 Å². The number of morpholine rings is 1. The minimum Gasteiger partial charge on any atom is -0.478 e. The largest absolute Gasteiger partial charge is 0.478 e. The van der Waals surface area contributed by atoms with Crippen molar-refractivity contribution in [3.8, 4) is 0 Å². The van der Waals surface area contributed by atoms with Gasteiger partial charge in [0.05, 0.1) is 48.9 Å². The maximum atomic E-state index is 14.0. The minimum absolute atomic E-state index is 0.0193. The van der Waals surface area contributed by atoms with E-state index in [1.807, 2.05) is 21.7 Å². The van der Waals surface area contributed by atoms with Gasteiger partial charge in [-0.3, -0.25) is 9.48 Å². The minimum atomic E-state index is -0.923. The maximum absolute atomic E-state index is 14.0. The lowest BCUT2D eigenvalue weighted by molar-refractivity contribution is 0.0302. The van der Waals surface area contributed by atoms with Crippen molar-refractivity contribution in [2.24, 2.45) is 0 Å². The van der Waals surface area contributed by atoms with Crippen LogP contribution in [-0.4, -0.2) is 75.7 Å². The Kier molecular flexibility index (Phi) is 8.16. The molecule has 0 spiro atoms. The Balaban J connectivity index is 1.47. The third-order valence-electron chi connectivity index (χ3n) is 10.3. The van der Waals surface area contributed by atoms with Crippen LogP contribution in [0.15, 0.2) is 42.1 Å². The smallest absolute Gasteiger partial charge is 0.335 e. The van der Waals surface area contributed by atoms with Gasteiger partial charge in [0.15, 0.2) is 0 Å². The summed E-state index contributed by atoms with van der Waals surface area (Å²) in [4.78, 5) is 28.1. The molecule has 4 aliphatic rings. The molecule has 0 radical (unpaired) electrons. The van der Waals surface area contributed by atoms with Gasteiger partial charge in [0.25, 0.3) is 5.91 Å². The number of carbonyl (C=O) groups is 2. The second kappa shape index (κ2) is 12.2. The number of nitrogens with zero attached hydrogens (tertiary/aromatic N) is 4. The molecule has 1 amide bonds. The van der Waals surface area contributed by atoms with E-state index in [4.69, 9.17) is 14.6 Å². The van der Waals surface area contributed by atoms with Crippen LogP contribution < -0.4 is 0 Å². The molecule has 1 aromatic carbocycles. The lowest BCUT2D eigenvalue weighted by Crippen LogP contribution is -2.41. The zero-order valence-electron chi connectivity index (χ0n) is 26.6. The van der Waals surface area contributed by atoms with Crippen LogP contribution in [0.4, 0.5) is 0 Å². The predicted molar refractivity (Wildman–Crippen MR) is 173 cm³/mol. The fourth-order valence-electron chi connectivity index (χ4n) is 8.16. The number of fused-ring (bicyclic) bond motifs is 5. The highest BCUT2D eigenvalue weighted by Crippen LogP contribution is 2.49. The number of amides is 1. The van der Waals surface area contributed by atoms with Crippen molar-refractivity contribution in [1.82, 2.24) is 19.2 Å². The van der Waals surface area contributed by atoms with Gasteiger partial charge < -0.3 is 24.0 Å². The lowest BCUT2D eigenvalue weighted by Gasteiger charge is -2.30. The van der Waals surface area contributed by atoms with Crippen LogP contribution in [0, 0.1) is 0 Å². The number of carbonyl (C=O) groups excluding carboxylic acids is 1. The van der Waals surface area contributed by atoms with Crippen LogP contribution in [0.25, 0.3) is 16.5 Å². The van der Waals surface area contributed by atoms with Crippen LogP contribution in [0.3, 0.4) is 0 Å². The summed E-state index contributed by atoms with van der Waals surface area (Å²) in [5, 5.41) is 16.0. The molecule has 2 atom stereocenters. The number of carboxylic acids is 1. The SMILES string of the molecule is COC1C=C2C=C(c3c(C(=O)N4CCOCC4)cnn3C(C)C)Cn3c(c(C4CCCCC4)c4ccc(C(=O)O)cc43)C2CC1. The van der Waals surface area contributed by atoms with E-state index in [0.29, 0.717) is 49.9 Å². The summed E-state index contributed by atoms with van der Waals surface area (Å²) in [7, 11) is 1.77. The van der Waals surface area contributed by atoms with Gasteiger partial charge in [0.2, 0.25) is 0 Å². The molecular weight excluding hydrogens is 568 g/mol. The van der Waals surface area contributed by atoms with E-state index >= 15 is 0 Å². The number of benzene rings is 1. The lowest BCUT2D eigenvalue weighted by atomic mass is 9.77. The van der Waals surface area contributed by atoms with Gasteiger partial charge in [-0.15, -0.1) is 0 Å². The first kappa shape index (κ1) is 30.0. The molecule has 2 aliphatic carbocycles. The number of rotatable bonds is 6. The molecule has 3 aromatic rings. The average Bonchev–Trinajstić information content (AvgIpc) is 3.60. The summed E-state index contributed by atoms with van der Waals surface area (Å²) in [5.41, 5.74) is 7.62. The second-order valence-corrected chi connectivity index (χ2v) is 13.3. The number of carboxylic acid groups (broad SMARTS) is 1. The molecule has 4 heterocycles. The van der Waals surface area contributed by atoms with Gasteiger partial charge in [-0.1, -0.05) is 37.5 Å². The number of aromatic nitrogens is 3. The second-order valence-electron chi connectivity index (χ2n) is 13.3. The summed E-state index contributed by atoms with van der Waals surface area (Å²) < 4.78 is 15.8. The van der Waals surface area contributed by atoms with E-state index in [0.717, 1.165) is 42.5 Å². The number of hydrogen-bond acceptors (Lipinski definition) is 5. The summed E-state index contributed by atoms with van der Waals surface area (Å²) in [6, 6.07) is 5.71. The van der Waals surface area contributed by atoms with Crippen LogP contribution >= 0.6 is 0 Å². The van der Waals surface area contributed by atoms with Crippen LogP contribution in [0.5, 0.6) is 0 Å². The van der Waals surface area contributed by atoms with E-state index in [9.17, 15) is 14.7 Å². The van der Waals surface area contributed by atoms with Gasteiger partial charge in [-0.05, 0) is 74.3 Å². The molecule has 238 valence electrons. The Bertz CT molecular complexity index is 1680. The van der Waals surface area contributed by atoms with Crippen molar-refractivity contribution in [3.05, 3.63) is 70.2 Å². The van der Waals surface area contributed by atoms with E-state index in [1.165, 1.54) is 41.5 Å². The molecule has 2 aromatic heterocycles.